The quantitative estimate of drug-likeness (QED) is 0.875. The van der Waals surface area contributed by atoms with Gasteiger partial charge in [-0.2, -0.15) is 0 Å². The second kappa shape index (κ2) is 4.80. The summed E-state index contributed by atoms with van der Waals surface area (Å²) in [5, 5.41) is 3.47. The minimum atomic E-state index is 0.639. The van der Waals surface area contributed by atoms with Crippen LogP contribution in [0.5, 0.6) is 0 Å². The summed E-state index contributed by atoms with van der Waals surface area (Å²) in [6, 6.07) is 6.69. The number of aromatic nitrogens is 3. The fraction of sp³-hybridized carbons (Fsp3) is 0.429. The van der Waals surface area contributed by atoms with Gasteiger partial charge in [0, 0.05) is 37.1 Å². The van der Waals surface area contributed by atoms with Gasteiger partial charge in [-0.05, 0) is 31.9 Å². The molecule has 1 aliphatic carbocycles. The topological polar surface area (TPSA) is 42.7 Å². The number of rotatable bonds is 5. The summed E-state index contributed by atoms with van der Waals surface area (Å²) in [5.41, 5.74) is 2.19. The van der Waals surface area contributed by atoms with E-state index in [-0.39, 0.29) is 0 Å². The van der Waals surface area contributed by atoms with E-state index in [0.717, 1.165) is 30.3 Å². The largest absolute Gasteiger partial charge is 0.353 e. The summed E-state index contributed by atoms with van der Waals surface area (Å²) < 4.78 is 2.20. The molecule has 0 bridgehead atoms. The van der Waals surface area contributed by atoms with Gasteiger partial charge >= 0.3 is 0 Å². The average molecular weight is 242 g/mol. The molecule has 0 aliphatic heterocycles. The molecule has 2 aromatic rings. The van der Waals surface area contributed by atoms with Crippen LogP contribution in [0.2, 0.25) is 0 Å². The SMILES string of the molecule is Cc1cn(CCc2ccccn2)c(NC2CC2)n1. The highest BCUT2D eigenvalue weighted by molar-refractivity contribution is 5.32. The Balaban J connectivity index is 1.67. The van der Waals surface area contributed by atoms with Gasteiger partial charge in [-0.15, -0.1) is 0 Å². The van der Waals surface area contributed by atoms with E-state index in [1.165, 1.54) is 12.8 Å². The Hall–Kier alpha value is -1.84. The van der Waals surface area contributed by atoms with E-state index in [9.17, 15) is 0 Å². The lowest BCUT2D eigenvalue weighted by atomic mass is 10.3. The summed E-state index contributed by atoms with van der Waals surface area (Å²) in [4.78, 5) is 8.88. The lowest BCUT2D eigenvalue weighted by Gasteiger charge is -2.08. The summed E-state index contributed by atoms with van der Waals surface area (Å²) in [6.45, 7) is 2.96. The first-order valence-electron chi connectivity index (χ1n) is 6.51. The fourth-order valence-electron chi connectivity index (χ4n) is 2.02. The first-order chi connectivity index (χ1) is 8.81. The van der Waals surface area contributed by atoms with Crippen LogP contribution in [0.4, 0.5) is 5.95 Å². The Morgan fingerprint density at radius 3 is 3.00 bits per heavy atom. The second-order valence-electron chi connectivity index (χ2n) is 4.89. The standard InChI is InChI=1S/C14H18N4/c1-11-10-18(14(16-11)17-13-5-6-13)9-7-12-4-2-3-8-15-12/h2-4,8,10,13H,5-7,9H2,1H3,(H,16,17). The van der Waals surface area contributed by atoms with Gasteiger partial charge in [-0.1, -0.05) is 6.07 Å². The van der Waals surface area contributed by atoms with Crippen molar-refractivity contribution in [2.24, 2.45) is 0 Å². The van der Waals surface area contributed by atoms with Crippen LogP contribution in [-0.2, 0) is 13.0 Å². The Morgan fingerprint density at radius 1 is 1.39 bits per heavy atom. The first kappa shape index (κ1) is 11.3. The molecular formula is C14H18N4. The predicted molar refractivity (Wildman–Crippen MR) is 71.5 cm³/mol. The number of anilines is 1. The first-order valence-corrected chi connectivity index (χ1v) is 6.51. The molecule has 0 radical (unpaired) electrons. The highest BCUT2D eigenvalue weighted by atomic mass is 15.2. The molecule has 0 spiro atoms. The molecule has 0 atom stereocenters. The Labute approximate surface area is 107 Å². The van der Waals surface area contributed by atoms with Gasteiger partial charge in [0.1, 0.15) is 0 Å². The number of hydrogen-bond acceptors (Lipinski definition) is 3. The van der Waals surface area contributed by atoms with Crippen LogP contribution >= 0.6 is 0 Å². The van der Waals surface area contributed by atoms with Crippen molar-refractivity contribution in [1.82, 2.24) is 14.5 Å². The molecule has 3 rings (SSSR count). The number of nitrogens with one attached hydrogen (secondary N) is 1. The van der Waals surface area contributed by atoms with Gasteiger partial charge in [0.05, 0.1) is 5.69 Å². The Morgan fingerprint density at radius 2 is 2.28 bits per heavy atom. The molecule has 0 amide bonds. The van der Waals surface area contributed by atoms with Crippen molar-refractivity contribution in [3.8, 4) is 0 Å². The van der Waals surface area contributed by atoms with Crippen LogP contribution in [0.1, 0.15) is 24.2 Å². The molecule has 1 fully saturated rings. The van der Waals surface area contributed by atoms with E-state index in [2.05, 4.69) is 32.1 Å². The molecule has 18 heavy (non-hydrogen) atoms. The molecule has 0 saturated heterocycles. The molecule has 4 heteroatoms. The third kappa shape index (κ3) is 2.70. The number of imidazole rings is 1. The maximum absolute atomic E-state index is 4.53. The molecule has 0 unspecified atom stereocenters. The van der Waals surface area contributed by atoms with Crippen molar-refractivity contribution in [3.05, 3.63) is 42.0 Å². The number of pyridine rings is 1. The normalized spacial score (nSPS) is 14.7. The van der Waals surface area contributed by atoms with Crippen LogP contribution in [0.3, 0.4) is 0 Å². The minimum Gasteiger partial charge on any atom is -0.353 e. The monoisotopic (exact) mass is 242 g/mol. The van der Waals surface area contributed by atoms with Crippen molar-refractivity contribution >= 4 is 5.95 Å². The molecule has 1 saturated carbocycles. The molecule has 94 valence electrons. The third-order valence-corrected chi connectivity index (χ3v) is 3.14. The molecule has 1 N–H and O–H groups in total. The zero-order chi connectivity index (χ0) is 12.4. The molecule has 2 aromatic heterocycles. The molecule has 1 aliphatic rings. The van der Waals surface area contributed by atoms with Crippen LogP contribution < -0.4 is 5.32 Å². The summed E-state index contributed by atoms with van der Waals surface area (Å²) in [7, 11) is 0. The predicted octanol–water partition coefficient (Wildman–Crippen LogP) is 2.40. The van der Waals surface area contributed by atoms with Crippen molar-refractivity contribution in [2.75, 3.05) is 5.32 Å². The highest BCUT2D eigenvalue weighted by Gasteiger charge is 2.22. The second-order valence-corrected chi connectivity index (χ2v) is 4.89. The maximum Gasteiger partial charge on any atom is 0.203 e. The van der Waals surface area contributed by atoms with Gasteiger partial charge in [0.2, 0.25) is 5.95 Å². The number of aryl methyl sites for hydroxylation is 3. The molecule has 2 heterocycles. The lowest BCUT2D eigenvalue weighted by molar-refractivity contribution is 0.688. The van der Waals surface area contributed by atoms with Crippen LogP contribution in [-0.4, -0.2) is 20.6 Å². The molecule has 4 nitrogen and oxygen atoms in total. The average Bonchev–Trinajstić information content (AvgIpc) is 3.12. The Kier molecular flexibility index (Phi) is 3.00. The zero-order valence-corrected chi connectivity index (χ0v) is 10.6. The van der Waals surface area contributed by atoms with Crippen LogP contribution in [0.15, 0.2) is 30.6 Å². The Bertz CT molecular complexity index is 514. The van der Waals surface area contributed by atoms with Gasteiger partial charge in [0.15, 0.2) is 0 Å². The smallest absolute Gasteiger partial charge is 0.203 e. The van der Waals surface area contributed by atoms with Gasteiger partial charge in [-0.3, -0.25) is 4.98 Å². The molecule has 0 aromatic carbocycles. The lowest BCUT2D eigenvalue weighted by Crippen LogP contribution is -2.10. The maximum atomic E-state index is 4.53. The fourth-order valence-corrected chi connectivity index (χ4v) is 2.02. The van der Waals surface area contributed by atoms with E-state index in [1.807, 2.05) is 25.3 Å². The van der Waals surface area contributed by atoms with Crippen molar-refractivity contribution < 1.29 is 0 Å². The van der Waals surface area contributed by atoms with Gasteiger partial charge < -0.3 is 9.88 Å². The summed E-state index contributed by atoms with van der Waals surface area (Å²) in [5.74, 6) is 1.01. The van der Waals surface area contributed by atoms with E-state index in [0.29, 0.717) is 6.04 Å². The van der Waals surface area contributed by atoms with Gasteiger partial charge in [-0.25, -0.2) is 4.98 Å². The van der Waals surface area contributed by atoms with E-state index in [4.69, 9.17) is 0 Å². The highest BCUT2D eigenvalue weighted by Crippen LogP contribution is 2.24. The number of hydrogen-bond donors (Lipinski definition) is 1. The van der Waals surface area contributed by atoms with Crippen LogP contribution in [0.25, 0.3) is 0 Å². The van der Waals surface area contributed by atoms with E-state index >= 15 is 0 Å². The van der Waals surface area contributed by atoms with E-state index in [1.54, 1.807) is 0 Å². The van der Waals surface area contributed by atoms with E-state index < -0.39 is 0 Å². The zero-order valence-electron chi connectivity index (χ0n) is 10.6. The van der Waals surface area contributed by atoms with Gasteiger partial charge in [0.25, 0.3) is 0 Å². The minimum absolute atomic E-state index is 0.639. The molecular weight excluding hydrogens is 224 g/mol. The number of nitrogens with zero attached hydrogens (tertiary/aromatic N) is 3. The van der Waals surface area contributed by atoms with Crippen LogP contribution in [0, 0.1) is 6.92 Å². The van der Waals surface area contributed by atoms with Crippen molar-refractivity contribution in [2.45, 2.75) is 38.8 Å². The van der Waals surface area contributed by atoms with Crippen molar-refractivity contribution in [3.63, 3.8) is 0 Å². The van der Waals surface area contributed by atoms with Crippen molar-refractivity contribution in [1.29, 1.82) is 0 Å². The summed E-state index contributed by atoms with van der Waals surface area (Å²) in [6.07, 6.45) is 7.43. The summed E-state index contributed by atoms with van der Waals surface area (Å²) >= 11 is 0. The third-order valence-electron chi connectivity index (χ3n) is 3.14.